The van der Waals surface area contributed by atoms with Crippen molar-refractivity contribution < 1.29 is 9.53 Å². The van der Waals surface area contributed by atoms with Gasteiger partial charge in [-0.25, -0.2) is 0 Å². The van der Waals surface area contributed by atoms with Gasteiger partial charge in [-0.2, -0.15) is 11.8 Å². The van der Waals surface area contributed by atoms with Crippen LogP contribution in [0.25, 0.3) is 0 Å². The first-order chi connectivity index (χ1) is 12.1. The number of halogens is 2. The third-order valence-corrected chi connectivity index (χ3v) is 5.74. The molecule has 0 aliphatic carbocycles. The van der Waals surface area contributed by atoms with E-state index in [-0.39, 0.29) is 49.0 Å². The number of rotatable bonds is 5. The Balaban J connectivity index is 0.00000182. The quantitative estimate of drug-likeness (QED) is 0.743. The molecule has 2 aliphatic heterocycles. The average molecular weight is 436 g/mol. The molecule has 0 aromatic heterocycles. The van der Waals surface area contributed by atoms with Gasteiger partial charge in [0.05, 0.1) is 12.2 Å². The first-order valence-electron chi connectivity index (χ1n) is 9.17. The summed E-state index contributed by atoms with van der Waals surface area (Å²) in [7, 11) is 0. The average Bonchev–Trinajstić information content (AvgIpc) is 2.56. The molecule has 5 nitrogen and oxygen atoms in total. The normalized spacial score (nSPS) is 25.8. The van der Waals surface area contributed by atoms with Crippen LogP contribution in [0.3, 0.4) is 0 Å². The molecule has 1 amide bonds. The van der Waals surface area contributed by atoms with Crippen molar-refractivity contribution in [3.05, 3.63) is 29.8 Å². The summed E-state index contributed by atoms with van der Waals surface area (Å²) >= 11 is 1.92. The molecule has 2 saturated heterocycles. The first kappa shape index (κ1) is 24.5. The molecule has 2 heterocycles. The molecule has 2 N–H and O–H groups in total. The number of nitrogens with one attached hydrogen (secondary N) is 2. The molecular weight excluding hydrogens is 405 g/mol. The highest BCUT2D eigenvalue weighted by Crippen LogP contribution is 2.21. The number of hydrogen-bond donors (Lipinski definition) is 2. The van der Waals surface area contributed by atoms with Gasteiger partial charge in [0.1, 0.15) is 0 Å². The maximum absolute atomic E-state index is 12.4. The minimum Gasteiger partial charge on any atom is -0.373 e. The van der Waals surface area contributed by atoms with Gasteiger partial charge < -0.3 is 15.4 Å². The predicted octanol–water partition coefficient (Wildman–Crippen LogP) is 3.17. The Labute approximate surface area is 179 Å². The number of amides is 1. The maximum Gasteiger partial charge on any atom is 0.225 e. The van der Waals surface area contributed by atoms with Crippen molar-refractivity contribution in [2.75, 3.05) is 36.5 Å². The fourth-order valence-electron chi connectivity index (χ4n) is 3.61. The molecular formula is C19H31Cl2N3O2S. The van der Waals surface area contributed by atoms with Crippen LogP contribution in [0.1, 0.15) is 25.8 Å². The van der Waals surface area contributed by atoms with E-state index < -0.39 is 0 Å². The number of hydrogen-bond acceptors (Lipinski definition) is 5. The summed E-state index contributed by atoms with van der Waals surface area (Å²) in [6.07, 6.45) is 1.04. The minimum absolute atomic E-state index is 0. The molecule has 2 fully saturated rings. The fourth-order valence-corrected chi connectivity index (χ4v) is 4.56. The maximum atomic E-state index is 12.4. The first-order valence-corrected chi connectivity index (χ1v) is 10.3. The van der Waals surface area contributed by atoms with Crippen molar-refractivity contribution in [1.29, 1.82) is 0 Å². The second-order valence-electron chi connectivity index (χ2n) is 7.09. The zero-order chi connectivity index (χ0) is 17.6. The molecule has 0 spiro atoms. The van der Waals surface area contributed by atoms with Crippen LogP contribution >= 0.6 is 36.6 Å². The van der Waals surface area contributed by atoms with Crippen LogP contribution in [-0.4, -0.2) is 60.2 Å². The van der Waals surface area contributed by atoms with Gasteiger partial charge in [-0.15, -0.1) is 24.8 Å². The largest absolute Gasteiger partial charge is 0.373 e. The minimum atomic E-state index is 0. The molecule has 154 valence electrons. The lowest BCUT2D eigenvalue weighted by atomic mass is 10.1. The van der Waals surface area contributed by atoms with Crippen LogP contribution in [0, 0.1) is 0 Å². The standard InChI is InChI=1S/C19H29N3O2S.2ClH/c1-14-10-22(11-15(2)24-14)12-16-5-3-4-6-18(16)21-19(23)9-17-13-25-8-7-20-17;;/h3-6,14-15,17,20H,7-13H2,1-2H3,(H,21,23);2*1H. The molecule has 1 aromatic rings. The van der Waals surface area contributed by atoms with Crippen LogP contribution in [0.2, 0.25) is 0 Å². The number of ether oxygens (including phenoxy) is 1. The highest BCUT2D eigenvalue weighted by Gasteiger charge is 2.23. The van der Waals surface area contributed by atoms with Crippen molar-refractivity contribution in [1.82, 2.24) is 10.2 Å². The highest BCUT2D eigenvalue weighted by molar-refractivity contribution is 7.99. The summed E-state index contributed by atoms with van der Waals surface area (Å²) in [6.45, 7) is 7.92. The molecule has 3 rings (SSSR count). The fraction of sp³-hybridized carbons (Fsp3) is 0.632. The van der Waals surface area contributed by atoms with Gasteiger partial charge in [-0.3, -0.25) is 9.69 Å². The molecule has 0 bridgehead atoms. The van der Waals surface area contributed by atoms with Crippen LogP contribution in [-0.2, 0) is 16.1 Å². The topological polar surface area (TPSA) is 53.6 Å². The van der Waals surface area contributed by atoms with Crippen LogP contribution in [0.15, 0.2) is 24.3 Å². The lowest BCUT2D eigenvalue weighted by Crippen LogP contribution is -2.45. The predicted molar refractivity (Wildman–Crippen MR) is 119 cm³/mol. The molecule has 3 unspecified atom stereocenters. The highest BCUT2D eigenvalue weighted by atomic mass is 35.5. The Morgan fingerprint density at radius 2 is 1.96 bits per heavy atom. The second-order valence-corrected chi connectivity index (χ2v) is 8.24. The van der Waals surface area contributed by atoms with Gasteiger partial charge in [-0.05, 0) is 25.5 Å². The summed E-state index contributed by atoms with van der Waals surface area (Å²) in [5.41, 5.74) is 2.10. The van der Waals surface area contributed by atoms with Crippen LogP contribution in [0.4, 0.5) is 5.69 Å². The molecule has 27 heavy (non-hydrogen) atoms. The summed E-state index contributed by atoms with van der Waals surface area (Å²) in [4.78, 5) is 14.8. The number of nitrogens with zero attached hydrogens (tertiary/aromatic N) is 1. The summed E-state index contributed by atoms with van der Waals surface area (Å²) < 4.78 is 5.81. The van der Waals surface area contributed by atoms with Gasteiger partial charge in [0.15, 0.2) is 0 Å². The number of thioether (sulfide) groups is 1. The smallest absolute Gasteiger partial charge is 0.225 e. The Morgan fingerprint density at radius 1 is 1.26 bits per heavy atom. The SMILES string of the molecule is CC1CN(Cc2ccccc2NC(=O)CC2CSCCN2)CC(C)O1.Cl.Cl. The van der Waals surface area contributed by atoms with Crippen LogP contribution < -0.4 is 10.6 Å². The lowest BCUT2D eigenvalue weighted by Gasteiger charge is -2.35. The Hall–Kier alpha value is -0.500. The van der Waals surface area contributed by atoms with Gasteiger partial charge in [0, 0.05) is 55.8 Å². The van der Waals surface area contributed by atoms with Gasteiger partial charge in [-0.1, -0.05) is 18.2 Å². The summed E-state index contributed by atoms with van der Waals surface area (Å²) in [5.74, 6) is 2.24. The number of para-hydroxylation sites is 1. The number of morpholine rings is 1. The van der Waals surface area contributed by atoms with E-state index >= 15 is 0 Å². The molecule has 3 atom stereocenters. The number of carbonyl (C=O) groups is 1. The number of anilines is 1. The zero-order valence-electron chi connectivity index (χ0n) is 16.0. The number of carbonyl (C=O) groups excluding carboxylic acids is 1. The van der Waals surface area contributed by atoms with E-state index in [0.29, 0.717) is 6.42 Å². The van der Waals surface area contributed by atoms with E-state index in [9.17, 15) is 4.79 Å². The van der Waals surface area contributed by atoms with Gasteiger partial charge >= 0.3 is 0 Å². The van der Waals surface area contributed by atoms with Crippen molar-refractivity contribution in [2.45, 2.75) is 45.1 Å². The Kier molecular flexibility index (Phi) is 11.0. The van der Waals surface area contributed by atoms with Crippen LogP contribution in [0.5, 0.6) is 0 Å². The van der Waals surface area contributed by atoms with E-state index in [1.165, 1.54) is 5.56 Å². The Bertz CT molecular complexity index is 578. The molecule has 0 radical (unpaired) electrons. The van der Waals surface area contributed by atoms with Gasteiger partial charge in [0.25, 0.3) is 0 Å². The Morgan fingerprint density at radius 3 is 2.63 bits per heavy atom. The van der Waals surface area contributed by atoms with E-state index in [1.54, 1.807) is 0 Å². The lowest BCUT2D eigenvalue weighted by molar-refractivity contribution is -0.116. The van der Waals surface area contributed by atoms with E-state index in [4.69, 9.17) is 4.74 Å². The third-order valence-electron chi connectivity index (χ3n) is 4.61. The van der Waals surface area contributed by atoms with Crippen molar-refractivity contribution in [3.8, 4) is 0 Å². The monoisotopic (exact) mass is 435 g/mol. The van der Waals surface area contributed by atoms with E-state index in [0.717, 1.165) is 43.4 Å². The van der Waals surface area contributed by atoms with E-state index in [2.05, 4.69) is 35.4 Å². The summed E-state index contributed by atoms with van der Waals surface area (Å²) in [6, 6.07) is 8.42. The number of benzene rings is 1. The van der Waals surface area contributed by atoms with Crippen molar-refractivity contribution >= 4 is 48.2 Å². The molecule has 2 aliphatic rings. The summed E-state index contributed by atoms with van der Waals surface area (Å²) in [5, 5.41) is 6.55. The van der Waals surface area contributed by atoms with Crippen molar-refractivity contribution in [3.63, 3.8) is 0 Å². The zero-order valence-corrected chi connectivity index (χ0v) is 18.4. The molecule has 8 heteroatoms. The van der Waals surface area contributed by atoms with E-state index in [1.807, 2.05) is 30.0 Å². The molecule has 1 aromatic carbocycles. The van der Waals surface area contributed by atoms with Gasteiger partial charge in [0.2, 0.25) is 5.91 Å². The molecule has 0 saturated carbocycles. The van der Waals surface area contributed by atoms with Crippen molar-refractivity contribution in [2.24, 2.45) is 0 Å². The third kappa shape index (κ3) is 7.80. The second kappa shape index (κ2) is 12.1.